The van der Waals surface area contributed by atoms with E-state index in [4.69, 9.17) is 10.7 Å². The number of nitrogens with two attached hydrogens (primary N) is 1. The Morgan fingerprint density at radius 1 is 1.05 bits per heavy atom. The number of aromatic nitrogens is 1. The molecule has 3 heteroatoms. The summed E-state index contributed by atoms with van der Waals surface area (Å²) in [7, 11) is 0. The Hall–Kier alpha value is -1.97. The fourth-order valence-corrected chi connectivity index (χ4v) is 3.32. The molecule has 1 aromatic heterocycles. The molecule has 0 amide bonds. The van der Waals surface area contributed by atoms with E-state index in [1.165, 1.54) is 11.1 Å². The normalized spacial score (nSPS) is 12.3. The molecule has 2 N–H and O–H groups in total. The van der Waals surface area contributed by atoms with Crippen LogP contribution < -0.4 is 5.73 Å². The lowest BCUT2D eigenvalue weighted by molar-refractivity contribution is 0.718. The van der Waals surface area contributed by atoms with E-state index in [2.05, 4.69) is 48.7 Å². The van der Waals surface area contributed by atoms with Crippen molar-refractivity contribution in [1.29, 1.82) is 0 Å². The van der Waals surface area contributed by atoms with Crippen LogP contribution in [0.15, 0.2) is 60.0 Å². The van der Waals surface area contributed by atoms with E-state index in [1.807, 2.05) is 18.2 Å². The molecule has 2 aromatic carbocycles. The van der Waals surface area contributed by atoms with Crippen LogP contribution in [0.4, 0.5) is 0 Å². The SMILES string of the molecule is CCc1ccc(-c2csc(CC(N)c3ccccc3)n2)cc1. The molecular weight excluding hydrogens is 288 g/mol. The van der Waals surface area contributed by atoms with Gasteiger partial charge in [-0.1, -0.05) is 61.5 Å². The summed E-state index contributed by atoms with van der Waals surface area (Å²) in [6.45, 7) is 2.17. The fourth-order valence-electron chi connectivity index (χ4n) is 2.45. The summed E-state index contributed by atoms with van der Waals surface area (Å²) < 4.78 is 0. The van der Waals surface area contributed by atoms with Crippen molar-refractivity contribution >= 4 is 11.3 Å². The van der Waals surface area contributed by atoms with Crippen LogP contribution >= 0.6 is 11.3 Å². The molecule has 0 saturated heterocycles. The van der Waals surface area contributed by atoms with E-state index in [1.54, 1.807) is 11.3 Å². The number of thiazole rings is 1. The van der Waals surface area contributed by atoms with Crippen molar-refractivity contribution in [3.05, 3.63) is 76.1 Å². The quantitative estimate of drug-likeness (QED) is 0.747. The van der Waals surface area contributed by atoms with E-state index in [0.29, 0.717) is 0 Å². The van der Waals surface area contributed by atoms with E-state index in [0.717, 1.165) is 29.1 Å². The van der Waals surface area contributed by atoms with Crippen molar-refractivity contribution in [1.82, 2.24) is 4.98 Å². The average Bonchev–Trinajstić information content (AvgIpc) is 3.04. The Kier molecular flexibility index (Phi) is 4.66. The highest BCUT2D eigenvalue weighted by Crippen LogP contribution is 2.25. The monoisotopic (exact) mass is 308 g/mol. The Morgan fingerprint density at radius 2 is 1.77 bits per heavy atom. The first kappa shape index (κ1) is 14.9. The van der Waals surface area contributed by atoms with Crippen molar-refractivity contribution < 1.29 is 0 Å². The van der Waals surface area contributed by atoms with Gasteiger partial charge in [-0.05, 0) is 17.5 Å². The van der Waals surface area contributed by atoms with Gasteiger partial charge >= 0.3 is 0 Å². The predicted octanol–water partition coefficient (Wildman–Crippen LogP) is 4.62. The number of rotatable bonds is 5. The topological polar surface area (TPSA) is 38.9 Å². The van der Waals surface area contributed by atoms with Crippen LogP contribution in [0, 0.1) is 0 Å². The van der Waals surface area contributed by atoms with Crippen LogP contribution in [-0.4, -0.2) is 4.98 Å². The second kappa shape index (κ2) is 6.86. The summed E-state index contributed by atoms with van der Waals surface area (Å²) in [5, 5.41) is 3.21. The van der Waals surface area contributed by atoms with Crippen LogP contribution in [0.2, 0.25) is 0 Å². The zero-order valence-electron chi connectivity index (χ0n) is 12.7. The maximum absolute atomic E-state index is 6.28. The van der Waals surface area contributed by atoms with Crippen molar-refractivity contribution in [2.75, 3.05) is 0 Å². The van der Waals surface area contributed by atoms with Gasteiger partial charge in [0.2, 0.25) is 0 Å². The maximum Gasteiger partial charge on any atom is 0.0951 e. The number of benzene rings is 2. The van der Waals surface area contributed by atoms with Crippen LogP contribution in [0.25, 0.3) is 11.3 Å². The van der Waals surface area contributed by atoms with Crippen LogP contribution in [0.3, 0.4) is 0 Å². The molecule has 0 saturated carbocycles. The molecule has 3 rings (SSSR count). The van der Waals surface area contributed by atoms with Gasteiger partial charge in [0.05, 0.1) is 10.7 Å². The van der Waals surface area contributed by atoms with Gasteiger partial charge in [0.15, 0.2) is 0 Å². The van der Waals surface area contributed by atoms with Gasteiger partial charge in [-0.3, -0.25) is 0 Å². The molecule has 1 atom stereocenters. The molecule has 0 radical (unpaired) electrons. The number of nitrogens with zero attached hydrogens (tertiary/aromatic N) is 1. The van der Waals surface area contributed by atoms with E-state index in [-0.39, 0.29) is 6.04 Å². The highest BCUT2D eigenvalue weighted by atomic mass is 32.1. The van der Waals surface area contributed by atoms with Gasteiger partial charge in [0.1, 0.15) is 0 Å². The minimum atomic E-state index is 0.00247. The van der Waals surface area contributed by atoms with E-state index < -0.39 is 0 Å². The summed E-state index contributed by atoms with van der Waals surface area (Å²) in [4.78, 5) is 4.74. The minimum Gasteiger partial charge on any atom is -0.324 e. The lowest BCUT2D eigenvalue weighted by Crippen LogP contribution is -2.12. The summed E-state index contributed by atoms with van der Waals surface area (Å²) in [5.74, 6) is 0. The lowest BCUT2D eigenvalue weighted by Gasteiger charge is -2.09. The molecule has 0 fully saturated rings. The van der Waals surface area contributed by atoms with Crippen LogP contribution in [0.1, 0.15) is 29.1 Å². The Labute approximate surface area is 135 Å². The second-order valence-electron chi connectivity index (χ2n) is 5.40. The first-order chi connectivity index (χ1) is 10.8. The predicted molar refractivity (Wildman–Crippen MR) is 94.0 cm³/mol. The zero-order valence-corrected chi connectivity index (χ0v) is 13.5. The standard InChI is InChI=1S/C19H20N2S/c1-2-14-8-10-16(11-9-14)18-13-22-19(21-18)12-17(20)15-6-4-3-5-7-15/h3-11,13,17H,2,12,20H2,1H3. The van der Waals surface area contributed by atoms with Crippen molar-refractivity contribution in [3.8, 4) is 11.3 Å². The van der Waals surface area contributed by atoms with Gasteiger partial charge in [-0.15, -0.1) is 11.3 Å². The van der Waals surface area contributed by atoms with Crippen LogP contribution in [-0.2, 0) is 12.8 Å². The molecule has 2 nitrogen and oxygen atoms in total. The van der Waals surface area contributed by atoms with Gasteiger partial charge < -0.3 is 5.73 Å². The molecule has 1 unspecified atom stereocenters. The molecule has 0 aliphatic heterocycles. The number of hydrogen-bond acceptors (Lipinski definition) is 3. The van der Waals surface area contributed by atoms with Crippen molar-refractivity contribution in [2.45, 2.75) is 25.8 Å². The smallest absolute Gasteiger partial charge is 0.0951 e. The van der Waals surface area contributed by atoms with Crippen LogP contribution in [0.5, 0.6) is 0 Å². The third-order valence-corrected chi connectivity index (χ3v) is 4.70. The number of hydrogen-bond donors (Lipinski definition) is 1. The van der Waals surface area contributed by atoms with Gasteiger partial charge in [0.25, 0.3) is 0 Å². The fraction of sp³-hybridized carbons (Fsp3) is 0.211. The second-order valence-corrected chi connectivity index (χ2v) is 6.34. The molecule has 1 heterocycles. The highest BCUT2D eigenvalue weighted by Gasteiger charge is 2.10. The lowest BCUT2D eigenvalue weighted by atomic mass is 10.1. The summed E-state index contributed by atoms with van der Waals surface area (Å²) >= 11 is 1.69. The summed E-state index contributed by atoms with van der Waals surface area (Å²) in [6, 6.07) is 18.8. The largest absolute Gasteiger partial charge is 0.324 e. The molecule has 0 aliphatic rings. The molecule has 3 aromatic rings. The highest BCUT2D eigenvalue weighted by molar-refractivity contribution is 7.09. The molecule has 22 heavy (non-hydrogen) atoms. The van der Waals surface area contributed by atoms with Crippen molar-refractivity contribution in [2.24, 2.45) is 5.73 Å². The first-order valence-corrected chi connectivity index (χ1v) is 8.48. The molecule has 0 bridgehead atoms. The average molecular weight is 308 g/mol. The third kappa shape index (κ3) is 3.43. The maximum atomic E-state index is 6.28. The number of aryl methyl sites for hydroxylation is 1. The van der Waals surface area contributed by atoms with E-state index >= 15 is 0 Å². The van der Waals surface area contributed by atoms with Gasteiger partial charge in [-0.2, -0.15) is 0 Å². The Morgan fingerprint density at radius 3 is 2.45 bits per heavy atom. The third-order valence-electron chi connectivity index (χ3n) is 3.83. The first-order valence-electron chi connectivity index (χ1n) is 7.60. The van der Waals surface area contributed by atoms with E-state index in [9.17, 15) is 0 Å². The summed E-state index contributed by atoms with van der Waals surface area (Å²) in [5.41, 5.74) is 11.0. The molecule has 112 valence electrons. The van der Waals surface area contributed by atoms with Crippen molar-refractivity contribution in [3.63, 3.8) is 0 Å². The molecular formula is C19H20N2S. The minimum absolute atomic E-state index is 0.00247. The zero-order chi connectivity index (χ0) is 15.4. The molecule has 0 aliphatic carbocycles. The van der Waals surface area contributed by atoms with Gasteiger partial charge in [0, 0.05) is 23.4 Å². The summed E-state index contributed by atoms with van der Waals surface area (Å²) in [6.07, 6.45) is 1.84. The van der Waals surface area contributed by atoms with Gasteiger partial charge in [-0.25, -0.2) is 4.98 Å². The Balaban J connectivity index is 1.73. The Bertz CT molecular complexity index is 717. The molecule has 0 spiro atoms.